The molecule has 2 bridgehead atoms. The standard InChI is InChI=1S/C10H12F2N2.C2H6/c1-14-9-6-3-2-5(4-6)7(9)8(13-14)10(11)12;1-2/h5-6,10H,2-4H2,1H3;1-2H3. The molecule has 2 aliphatic carbocycles. The average molecular weight is 228 g/mol. The molecule has 1 saturated carbocycles. The largest absolute Gasteiger partial charge is 0.282 e. The predicted octanol–water partition coefficient (Wildman–Crippen LogP) is 3.75. The third-order valence-electron chi connectivity index (χ3n) is 3.59. The van der Waals surface area contributed by atoms with E-state index < -0.39 is 6.43 Å². The Balaban J connectivity index is 0.000000457. The molecule has 3 rings (SSSR count). The molecule has 1 aromatic rings. The fourth-order valence-corrected chi connectivity index (χ4v) is 3.13. The van der Waals surface area contributed by atoms with Crippen LogP contribution in [0.15, 0.2) is 0 Å². The van der Waals surface area contributed by atoms with Gasteiger partial charge in [0.05, 0.1) is 0 Å². The zero-order chi connectivity index (χ0) is 11.9. The monoisotopic (exact) mass is 228 g/mol. The molecule has 0 N–H and O–H groups in total. The number of rotatable bonds is 1. The molecule has 2 unspecified atom stereocenters. The van der Waals surface area contributed by atoms with Crippen molar-refractivity contribution in [1.29, 1.82) is 0 Å². The van der Waals surface area contributed by atoms with Crippen LogP contribution < -0.4 is 0 Å². The number of halogens is 2. The average Bonchev–Trinajstić information content (AvgIpc) is 2.93. The number of hydrogen-bond acceptors (Lipinski definition) is 1. The van der Waals surface area contributed by atoms with Crippen molar-refractivity contribution in [1.82, 2.24) is 9.78 Å². The van der Waals surface area contributed by atoms with E-state index in [4.69, 9.17) is 0 Å². The lowest BCUT2D eigenvalue weighted by Crippen LogP contribution is -2.02. The normalized spacial score (nSPS) is 25.6. The van der Waals surface area contributed by atoms with E-state index >= 15 is 0 Å². The predicted molar refractivity (Wildman–Crippen MR) is 58.8 cm³/mol. The first-order valence-corrected chi connectivity index (χ1v) is 6.03. The summed E-state index contributed by atoms with van der Waals surface area (Å²) in [5.74, 6) is 0.868. The summed E-state index contributed by atoms with van der Waals surface area (Å²) in [5, 5.41) is 3.94. The van der Waals surface area contributed by atoms with E-state index in [0.717, 1.165) is 30.5 Å². The van der Waals surface area contributed by atoms with Crippen molar-refractivity contribution in [2.24, 2.45) is 7.05 Å². The van der Waals surface area contributed by atoms with Crippen LogP contribution in [0.25, 0.3) is 0 Å². The zero-order valence-electron chi connectivity index (χ0n) is 10.0. The molecule has 4 heteroatoms. The Hall–Kier alpha value is -0.930. The van der Waals surface area contributed by atoms with Crippen LogP contribution in [0.4, 0.5) is 8.78 Å². The number of aromatic nitrogens is 2. The van der Waals surface area contributed by atoms with Crippen molar-refractivity contribution in [3.8, 4) is 0 Å². The Kier molecular flexibility index (Phi) is 3.00. The van der Waals surface area contributed by atoms with Gasteiger partial charge in [-0.2, -0.15) is 5.10 Å². The van der Waals surface area contributed by atoms with Gasteiger partial charge in [0.15, 0.2) is 0 Å². The van der Waals surface area contributed by atoms with Crippen LogP contribution in [0.1, 0.15) is 68.3 Å². The molecular formula is C12H18F2N2. The highest BCUT2D eigenvalue weighted by Gasteiger charge is 2.43. The molecular weight excluding hydrogens is 210 g/mol. The van der Waals surface area contributed by atoms with Gasteiger partial charge in [-0.05, 0) is 25.2 Å². The summed E-state index contributed by atoms with van der Waals surface area (Å²) < 4.78 is 27.0. The topological polar surface area (TPSA) is 17.8 Å². The van der Waals surface area contributed by atoms with Crippen molar-refractivity contribution < 1.29 is 8.78 Å². The minimum atomic E-state index is -2.41. The Morgan fingerprint density at radius 1 is 1.25 bits per heavy atom. The third kappa shape index (κ3) is 1.46. The molecule has 2 nitrogen and oxygen atoms in total. The quantitative estimate of drug-likeness (QED) is 0.715. The van der Waals surface area contributed by atoms with E-state index in [1.54, 1.807) is 11.7 Å². The maximum absolute atomic E-state index is 12.7. The van der Waals surface area contributed by atoms with Gasteiger partial charge in [-0.1, -0.05) is 13.8 Å². The Morgan fingerprint density at radius 3 is 2.50 bits per heavy atom. The summed E-state index contributed by atoms with van der Waals surface area (Å²) in [6, 6.07) is 0. The van der Waals surface area contributed by atoms with Crippen LogP contribution in [0.3, 0.4) is 0 Å². The molecule has 16 heavy (non-hydrogen) atoms. The SMILES string of the molecule is CC.Cn1nc(C(F)F)c2c1C1CCC2C1. The van der Waals surface area contributed by atoms with Crippen molar-refractivity contribution in [3.63, 3.8) is 0 Å². The smallest absolute Gasteiger partial charge is 0.272 e. The molecule has 2 atom stereocenters. The van der Waals surface area contributed by atoms with E-state index in [0.29, 0.717) is 11.8 Å². The van der Waals surface area contributed by atoms with Gasteiger partial charge in [0.1, 0.15) is 5.69 Å². The molecule has 0 amide bonds. The van der Waals surface area contributed by atoms with Gasteiger partial charge in [0.25, 0.3) is 6.43 Å². The van der Waals surface area contributed by atoms with Crippen LogP contribution in [0.2, 0.25) is 0 Å². The lowest BCUT2D eigenvalue weighted by atomic mass is 9.95. The molecule has 1 aromatic heterocycles. The van der Waals surface area contributed by atoms with E-state index in [9.17, 15) is 8.78 Å². The van der Waals surface area contributed by atoms with Gasteiger partial charge in [-0.25, -0.2) is 8.78 Å². The molecule has 1 fully saturated rings. The lowest BCUT2D eigenvalue weighted by Gasteiger charge is -2.11. The molecule has 1 heterocycles. The van der Waals surface area contributed by atoms with Crippen molar-refractivity contribution in [3.05, 3.63) is 17.0 Å². The van der Waals surface area contributed by atoms with Gasteiger partial charge in [-0.15, -0.1) is 0 Å². The highest BCUT2D eigenvalue weighted by molar-refractivity contribution is 5.41. The Labute approximate surface area is 94.6 Å². The number of nitrogens with zero attached hydrogens (tertiary/aromatic N) is 2. The number of alkyl halides is 2. The third-order valence-corrected chi connectivity index (χ3v) is 3.59. The molecule has 0 saturated heterocycles. The molecule has 0 aliphatic heterocycles. The number of aryl methyl sites for hydroxylation is 1. The van der Waals surface area contributed by atoms with Gasteiger partial charge in [-0.3, -0.25) is 4.68 Å². The fraction of sp³-hybridized carbons (Fsp3) is 0.750. The van der Waals surface area contributed by atoms with Gasteiger partial charge in [0, 0.05) is 24.2 Å². The van der Waals surface area contributed by atoms with E-state index in [1.807, 2.05) is 13.8 Å². The van der Waals surface area contributed by atoms with Crippen molar-refractivity contribution in [2.45, 2.75) is 51.4 Å². The highest BCUT2D eigenvalue weighted by atomic mass is 19.3. The Bertz CT molecular complexity index is 385. The summed E-state index contributed by atoms with van der Waals surface area (Å²) in [6.07, 6.45) is 0.883. The lowest BCUT2D eigenvalue weighted by molar-refractivity contribution is 0.143. The second-order valence-corrected chi connectivity index (χ2v) is 4.32. The van der Waals surface area contributed by atoms with E-state index in [2.05, 4.69) is 5.10 Å². The zero-order valence-corrected chi connectivity index (χ0v) is 10.0. The maximum Gasteiger partial charge on any atom is 0.282 e. The molecule has 90 valence electrons. The molecule has 0 radical (unpaired) electrons. The highest BCUT2D eigenvalue weighted by Crippen LogP contribution is 2.54. The maximum atomic E-state index is 12.7. The first-order valence-electron chi connectivity index (χ1n) is 6.03. The number of hydrogen-bond donors (Lipinski definition) is 0. The van der Waals surface area contributed by atoms with Crippen molar-refractivity contribution >= 4 is 0 Å². The van der Waals surface area contributed by atoms with Crippen LogP contribution in [-0.2, 0) is 7.05 Å². The first kappa shape index (κ1) is 11.6. The summed E-state index contributed by atoms with van der Waals surface area (Å²) >= 11 is 0. The summed E-state index contributed by atoms with van der Waals surface area (Å²) in [6.45, 7) is 4.00. The number of fused-ring (bicyclic) bond motifs is 5. The Morgan fingerprint density at radius 2 is 1.88 bits per heavy atom. The minimum absolute atomic E-state index is 0.0368. The van der Waals surface area contributed by atoms with E-state index in [-0.39, 0.29) is 5.69 Å². The van der Waals surface area contributed by atoms with Gasteiger partial charge >= 0.3 is 0 Å². The molecule has 2 aliphatic rings. The summed E-state index contributed by atoms with van der Waals surface area (Å²) in [7, 11) is 1.78. The summed E-state index contributed by atoms with van der Waals surface area (Å²) in [4.78, 5) is 0. The van der Waals surface area contributed by atoms with Gasteiger partial charge in [0.2, 0.25) is 0 Å². The van der Waals surface area contributed by atoms with Crippen LogP contribution in [0.5, 0.6) is 0 Å². The van der Waals surface area contributed by atoms with Crippen LogP contribution in [0, 0.1) is 0 Å². The second-order valence-electron chi connectivity index (χ2n) is 4.32. The molecule has 0 aromatic carbocycles. The second kappa shape index (κ2) is 4.15. The minimum Gasteiger partial charge on any atom is -0.272 e. The molecule has 0 spiro atoms. The van der Waals surface area contributed by atoms with Crippen LogP contribution >= 0.6 is 0 Å². The van der Waals surface area contributed by atoms with Gasteiger partial charge < -0.3 is 0 Å². The van der Waals surface area contributed by atoms with Crippen molar-refractivity contribution in [2.75, 3.05) is 0 Å². The first-order chi connectivity index (χ1) is 7.68. The fourth-order valence-electron chi connectivity index (χ4n) is 3.13. The van der Waals surface area contributed by atoms with Crippen LogP contribution in [-0.4, -0.2) is 9.78 Å². The summed E-state index contributed by atoms with van der Waals surface area (Å²) in [5.41, 5.74) is 1.99. The van der Waals surface area contributed by atoms with E-state index in [1.165, 1.54) is 0 Å².